The van der Waals surface area contributed by atoms with Gasteiger partial charge in [0.1, 0.15) is 0 Å². The molecule has 0 aliphatic carbocycles. The van der Waals surface area contributed by atoms with Gasteiger partial charge in [0.25, 0.3) is 0 Å². The van der Waals surface area contributed by atoms with Crippen LogP contribution in [0, 0.1) is 0 Å². The molecule has 1 heterocycles. The fourth-order valence-corrected chi connectivity index (χ4v) is 3.60. The average Bonchev–Trinajstić information content (AvgIpc) is 2.91. The molecule has 122 valence electrons. The zero-order valence-electron chi connectivity index (χ0n) is 12.4. The molecule has 0 bridgehead atoms. The molecule has 1 saturated heterocycles. The van der Waals surface area contributed by atoms with Crippen molar-refractivity contribution in [1.29, 1.82) is 0 Å². The Labute approximate surface area is 154 Å². The number of hydrogen-bond donors (Lipinski definition) is 1. The molecular weight excluding hydrogens is 365 g/mol. The minimum Gasteiger partial charge on any atom is -0.303 e. The second kappa shape index (κ2) is 7.83. The topological polar surface area (TPSA) is 53.8 Å². The van der Waals surface area contributed by atoms with Crippen LogP contribution in [0.5, 0.6) is 0 Å². The lowest BCUT2D eigenvalue weighted by Gasteiger charge is -2.07. The van der Waals surface area contributed by atoms with E-state index >= 15 is 0 Å². The molecule has 2 aromatic carbocycles. The van der Waals surface area contributed by atoms with Gasteiger partial charge < -0.3 is 5.32 Å². The van der Waals surface area contributed by atoms with Gasteiger partial charge in [0.2, 0.25) is 5.91 Å². The third-order valence-electron chi connectivity index (χ3n) is 3.35. The predicted octanol–water partition coefficient (Wildman–Crippen LogP) is 4.16. The lowest BCUT2D eigenvalue weighted by atomic mass is 10.1. The Balaban J connectivity index is 1.65. The summed E-state index contributed by atoms with van der Waals surface area (Å²) in [5.41, 5.74) is 1.82. The molecule has 0 saturated carbocycles. The van der Waals surface area contributed by atoms with Crippen LogP contribution >= 0.6 is 35.0 Å². The van der Waals surface area contributed by atoms with Crippen LogP contribution in [0.15, 0.2) is 58.7 Å². The van der Waals surface area contributed by atoms with Gasteiger partial charge in [-0.05, 0) is 29.7 Å². The minimum atomic E-state index is -0.283. The number of amides is 1. The van der Waals surface area contributed by atoms with E-state index < -0.39 is 0 Å². The molecule has 1 atom stereocenters. The van der Waals surface area contributed by atoms with Crippen molar-refractivity contribution in [2.24, 2.45) is 10.2 Å². The average molecular weight is 378 g/mol. The van der Waals surface area contributed by atoms with Gasteiger partial charge in [-0.15, -0.1) is 5.10 Å². The summed E-state index contributed by atoms with van der Waals surface area (Å²) in [7, 11) is 0. The number of carbonyl (C=O) groups excluding carboxylic acids is 1. The molecule has 1 aliphatic heterocycles. The lowest BCUT2D eigenvalue weighted by Crippen LogP contribution is -2.26. The first-order chi connectivity index (χ1) is 11.6. The highest BCUT2D eigenvalue weighted by Crippen LogP contribution is 2.28. The van der Waals surface area contributed by atoms with E-state index in [1.54, 1.807) is 18.3 Å². The largest absolute Gasteiger partial charge is 0.303 e. The van der Waals surface area contributed by atoms with Crippen molar-refractivity contribution in [2.75, 3.05) is 0 Å². The second-order valence-electron chi connectivity index (χ2n) is 5.10. The Bertz CT molecular complexity index is 809. The zero-order valence-corrected chi connectivity index (χ0v) is 14.8. The van der Waals surface area contributed by atoms with E-state index in [1.165, 1.54) is 11.8 Å². The standard InChI is InChI=1S/C17H13Cl2N3OS/c18-13-7-6-12(14(19)9-13)8-15-16(23)21-17(24-15)22-20-10-11-4-2-1-3-5-11/h1-7,9-10,15H,8H2,(H,21,22,23)/b20-10-/t15-/m0/s1. The van der Waals surface area contributed by atoms with Crippen molar-refractivity contribution in [3.8, 4) is 0 Å². The molecule has 1 amide bonds. The summed E-state index contributed by atoms with van der Waals surface area (Å²) >= 11 is 13.4. The van der Waals surface area contributed by atoms with Gasteiger partial charge in [-0.2, -0.15) is 5.10 Å². The number of hydrogen-bond acceptors (Lipinski definition) is 4. The van der Waals surface area contributed by atoms with Gasteiger partial charge in [0.05, 0.1) is 11.5 Å². The first kappa shape index (κ1) is 17.0. The lowest BCUT2D eigenvalue weighted by molar-refractivity contribution is -0.118. The van der Waals surface area contributed by atoms with E-state index in [2.05, 4.69) is 15.5 Å². The molecule has 4 nitrogen and oxygen atoms in total. The first-order valence-corrected chi connectivity index (χ1v) is 8.83. The Kier molecular flexibility index (Phi) is 5.56. The zero-order chi connectivity index (χ0) is 16.9. The summed E-state index contributed by atoms with van der Waals surface area (Å²) < 4.78 is 0. The van der Waals surface area contributed by atoms with Crippen LogP contribution < -0.4 is 5.32 Å². The molecule has 0 radical (unpaired) electrons. The molecule has 0 aromatic heterocycles. The molecule has 2 aromatic rings. The fraction of sp³-hybridized carbons (Fsp3) is 0.118. The van der Waals surface area contributed by atoms with Crippen LogP contribution in [0.4, 0.5) is 0 Å². The number of carbonyl (C=O) groups is 1. The summed E-state index contributed by atoms with van der Waals surface area (Å²) in [6.45, 7) is 0. The van der Waals surface area contributed by atoms with Crippen LogP contribution in [0.25, 0.3) is 0 Å². The number of thioether (sulfide) groups is 1. The van der Waals surface area contributed by atoms with Gasteiger partial charge in [0, 0.05) is 10.0 Å². The first-order valence-electron chi connectivity index (χ1n) is 7.19. The van der Waals surface area contributed by atoms with E-state index in [0.717, 1.165) is 11.1 Å². The van der Waals surface area contributed by atoms with E-state index in [-0.39, 0.29) is 11.2 Å². The van der Waals surface area contributed by atoms with Crippen molar-refractivity contribution >= 4 is 52.3 Å². The van der Waals surface area contributed by atoms with E-state index in [9.17, 15) is 4.79 Å². The second-order valence-corrected chi connectivity index (χ2v) is 7.13. The van der Waals surface area contributed by atoms with E-state index in [1.807, 2.05) is 36.4 Å². The van der Waals surface area contributed by atoms with Crippen LogP contribution in [0.3, 0.4) is 0 Å². The van der Waals surface area contributed by atoms with Gasteiger partial charge >= 0.3 is 0 Å². The maximum absolute atomic E-state index is 12.1. The monoisotopic (exact) mass is 377 g/mol. The van der Waals surface area contributed by atoms with Crippen molar-refractivity contribution < 1.29 is 4.79 Å². The Morgan fingerprint density at radius 1 is 1.17 bits per heavy atom. The Morgan fingerprint density at radius 2 is 1.96 bits per heavy atom. The normalized spacial score (nSPS) is 19.2. The summed E-state index contributed by atoms with van der Waals surface area (Å²) in [5.74, 6) is -0.0975. The van der Waals surface area contributed by atoms with Crippen molar-refractivity contribution in [3.63, 3.8) is 0 Å². The van der Waals surface area contributed by atoms with Crippen LogP contribution in [-0.4, -0.2) is 22.5 Å². The van der Waals surface area contributed by atoms with E-state index in [0.29, 0.717) is 21.6 Å². The van der Waals surface area contributed by atoms with Crippen LogP contribution in [0.2, 0.25) is 10.0 Å². The van der Waals surface area contributed by atoms with Gasteiger partial charge in [-0.1, -0.05) is 71.4 Å². The quantitative estimate of drug-likeness (QED) is 0.642. The smallest absolute Gasteiger partial charge is 0.239 e. The Morgan fingerprint density at radius 3 is 2.71 bits per heavy atom. The maximum Gasteiger partial charge on any atom is 0.239 e. The predicted molar refractivity (Wildman–Crippen MR) is 101 cm³/mol. The summed E-state index contributed by atoms with van der Waals surface area (Å²) in [6.07, 6.45) is 2.15. The van der Waals surface area contributed by atoms with Crippen LogP contribution in [-0.2, 0) is 11.2 Å². The molecule has 0 spiro atoms. The fourth-order valence-electron chi connectivity index (χ4n) is 2.16. The summed E-state index contributed by atoms with van der Waals surface area (Å²) in [5, 5.41) is 12.1. The third kappa shape index (κ3) is 4.38. The third-order valence-corrected chi connectivity index (χ3v) is 5.01. The molecule has 1 fully saturated rings. The number of amidine groups is 1. The SMILES string of the molecule is O=C1N/C(=N/N=C\c2ccccc2)S[C@H]1Cc1ccc(Cl)cc1Cl. The molecule has 1 N–H and O–H groups in total. The number of halogens is 2. The molecule has 1 aliphatic rings. The van der Waals surface area contributed by atoms with Crippen molar-refractivity contribution in [2.45, 2.75) is 11.7 Å². The van der Waals surface area contributed by atoms with Crippen molar-refractivity contribution in [3.05, 3.63) is 69.7 Å². The summed E-state index contributed by atoms with van der Waals surface area (Å²) in [4.78, 5) is 12.1. The molecule has 24 heavy (non-hydrogen) atoms. The molecular formula is C17H13Cl2N3OS. The number of rotatable bonds is 4. The van der Waals surface area contributed by atoms with Gasteiger partial charge in [-0.25, -0.2) is 0 Å². The van der Waals surface area contributed by atoms with Gasteiger partial charge in [-0.3, -0.25) is 4.79 Å². The molecule has 3 rings (SSSR count). The summed E-state index contributed by atoms with van der Waals surface area (Å²) in [6, 6.07) is 14.9. The highest BCUT2D eigenvalue weighted by molar-refractivity contribution is 8.15. The highest BCUT2D eigenvalue weighted by Gasteiger charge is 2.30. The van der Waals surface area contributed by atoms with Crippen molar-refractivity contribution in [1.82, 2.24) is 5.32 Å². The Hall–Kier alpha value is -1.82. The number of nitrogens with one attached hydrogen (secondary N) is 1. The van der Waals surface area contributed by atoms with E-state index in [4.69, 9.17) is 23.2 Å². The highest BCUT2D eigenvalue weighted by atomic mass is 35.5. The molecule has 0 unspecified atom stereocenters. The van der Waals surface area contributed by atoms with Gasteiger partial charge in [0.15, 0.2) is 5.17 Å². The minimum absolute atomic E-state index is 0.0975. The molecule has 7 heteroatoms. The number of nitrogens with zero attached hydrogens (tertiary/aromatic N) is 2. The maximum atomic E-state index is 12.1. The number of benzene rings is 2. The van der Waals surface area contributed by atoms with Crippen LogP contribution in [0.1, 0.15) is 11.1 Å².